The lowest BCUT2D eigenvalue weighted by molar-refractivity contribution is -0.138. The van der Waals surface area contributed by atoms with Crippen molar-refractivity contribution in [1.82, 2.24) is 5.32 Å². The predicted octanol–water partition coefficient (Wildman–Crippen LogP) is 4.38. The molecule has 4 rings (SSSR count). The first kappa shape index (κ1) is 18.2. The number of aryl methyl sites for hydroxylation is 1. The van der Waals surface area contributed by atoms with Gasteiger partial charge in [0.25, 0.3) is 0 Å². The molecular weight excluding hydrogens is 350 g/mol. The summed E-state index contributed by atoms with van der Waals surface area (Å²) in [6.07, 6.45) is 0.935. The first-order valence-electron chi connectivity index (χ1n) is 9.68. The number of fused-ring (bicyclic) bond motifs is 2. The Bertz CT molecular complexity index is 1030. The van der Waals surface area contributed by atoms with Crippen molar-refractivity contribution < 1.29 is 14.3 Å². The van der Waals surface area contributed by atoms with Gasteiger partial charge in [0, 0.05) is 28.3 Å². The number of Topliss-reactive ketones (excluding diaryl/α,β-unsaturated/α-hetero) is 1. The first-order valence-corrected chi connectivity index (χ1v) is 9.68. The van der Waals surface area contributed by atoms with E-state index < -0.39 is 5.92 Å². The van der Waals surface area contributed by atoms with Crippen LogP contribution in [0.2, 0.25) is 0 Å². The molecule has 142 valence electrons. The van der Waals surface area contributed by atoms with Crippen LogP contribution in [0.4, 0.5) is 0 Å². The number of allylic oxidation sites excluding steroid dienone is 2. The molecule has 1 N–H and O–H groups in total. The van der Waals surface area contributed by atoms with E-state index in [9.17, 15) is 9.59 Å². The molecule has 1 aliphatic heterocycles. The zero-order valence-corrected chi connectivity index (χ0v) is 16.3. The molecule has 4 heteroatoms. The van der Waals surface area contributed by atoms with Gasteiger partial charge in [-0.15, -0.1) is 0 Å². The molecule has 2 aliphatic rings. The molecule has 0 amide bonds. The van der Waals surface area contributed by atoms with Crippen LogP contribution in [0.5, 0.6) is 0 Å². The normalized spacial score (nSPS) is 18.0. The Morgan fingerprint density at radius 3 is 2.36 bits per heavy atom. The molecule has 0 aromatic heterocycles. The fourth-order valence-corrected chi connectivity index (χ4v) is 4.09. The van der Waals surface area contributed by atoms with Gasteiger partial charge in [-0.3, -0.25) is 4.79 Å². The standard InChI is InChI=1S/C24H23NO3/c1-4-15-10-12-16(13-11-15)20-19(24(27)28-5-2)14(3)25-22-17-8-6-7-9-18(17)23(26)21(20)22/h6-13,20,25H,4-5H2,1-3H3. The summed E-state index contributed by atoms with van der Waals surface area (Å²) in [5.41, 5.74) is 6.36. The van der Waals surface area contributed by atoms with Gasteiger partial charge in [0.15, 0.2) is 5.78 Å². The second kappa shape index (κ2) is 7.12. The van der Waals surface area contributed by atoms with Crippen molar-refractivity contribution in [3.05, 3.63) is 87.6 Å². The number of hydrogen-bond acceptors (Lipinski definition) is 4. The van der Waals surface area contributed by atoms with Crippen molar-refractivity contribution in [3.8, 4) is 0 Å². The van der Waals surface area contributed by atoms with Crippen molar-refractivity contribution >= 4 is 17.4 Å². The minimum Gasteiger partial charge on any atom is -0.463 e. The van der Waals surface area contributed by atoms with Crippen molar-refractivity contribution in [2.45, 2.75) is 33.1 Å². The van der Waals surface area contributed by atoms with Crippen LogP contribution in [0.15, 0.2) is 65.4 Å². The molecule has 1 aliphatic carbocycles. The highest BCUT2D eigenvalue weighted by Gasteiger charge is 2.42. The number of carbonyl (C=O) groups excluding carboxylic acids is 2. The minimum absolute atomic E-state index is 0.0306. The summed E-state index contributed by atoms with van der Waals surface area (Å²) >= 11 is 0. The number of ketones is 1. The Balaban J connectivity index is 1.90. The summed E-state index contributed by atoms with van der Waals surface area (Å²) in [5, 5.41) is 3.31. The Kier molecular flexibility index (Phi) is 4.63. The highest BCUT2D eigenvalue weighted by molar-refractivity contribution is 6.23. The van der Waals surface area contributed by atoms with Crippen molar-refractivity contribution in [2.24, 2.45) is 0 Å². The summed E-state index contributed by atoms with van der Waals surface area (Å²) in [5.74, 6) is -0.856. The molecule has 0 fully saturated rings. The summed E-state index contributed by atoms with van der Waals surface area (Å²) in [7, 11) is 0. The van der Waals surface area contributed by atoms with Crippen LogP contribution < -0.4 is 5.32 Å². The van der Waals surface area contributed by atoms with Crippen LogP contribution >= 0.6 is 0 Å². The Morgan fingerprint density at radius 1 is 1.04 bits per heavy atom. The highest BCUT2D eigenvalue weighted by Crippen LogP contribution is 2.46. The fourth-order valence-electron chi connectivity index (χ4n) is 4.09. The van der Waals surface area contributed by atoms with Gasteiger partial charge in [-0.05, 0) is 31.4 Å². The molecule has 0 saturated heterocycles. The number of esters is 1. The minimum atomic E-state index is -0.443. The topological polar surface area (TPSA) is 55.4 Å². The average molecular weight is 373 g/mol. The van der Waals surface area contributed by atoms with Gasteiger partial charge in [-0.2, -0.15) is 0 Å². The predicted molar refractivity (Wildman–Crippen MR) is 109 cm³/mol. The van der Waals surface area contributed by atoms with E-state index in [0.29, 0.717) is 16.7 Å². The number of dihydropyridines is 1. The number of carbonyl (C=O) groups is 2. The van der Waals surface area contributed by atoms with Crippen LogP contribution in [0.1, 0.15) is 53.7 Å². The van der Waals surface area contributed by atoms with Gasteiger partial charge < -0.3 is 10.1 Å². The van der Waals surface area contributed by atoms with E-state index in [1.807, 2.05) is 43.3 Å². The van der Waals surface area contributed by atoms with Gasteiger partial charge in [-0.25, -0.2) is 4.79 Å². The monoisotopic (exact) mass is 373 g/mol. The van der Waals surface area contributed by atoms with E-state index >= 15 is 0 Å². The average Bonchev–Trinajstić information content (AvgIpc) is 2.99. The SMILES string of the molecule is CCOC(=O)C1=C(C)NC2=C(C(=O)c3ccccc32)C1c1ccc(CC)cc1. The second-order valence-electron chi connectivity index (χ2n) is 7.08. The molecule has 0 spiro atoms. The van der Waals surface area contributed by atoms with Gasteiger partial charge in [0.2, 0.25) is 0 Å². The quantitative estimate of drug-likeness (QED) is 0.808. The van der Waals surface area contributed by atoms with Crippen LogP contribution in [0, 0.1) is 0 Å². The molecular formula is C24H23NO3. The Morgan fingerprint density at radius 2 is 1.71 bits per heavy atom. The van der Waals surface area contributed by atoms with Crippen molar-refractivity contribution in [3.63, 3.8) is 0 Å². The first-order chi connectivity index (χ1) is 13.6. The van der Waals surface area contributed by atoms with Gasteiger partial charge >= 0.3 is 5.97 Å². The Hall–Kier alpha value is -3.14. The maximum atomic E-state index is 13.3. The van der Waals surface area contributed by atoms with Crippen LogP contribution in [-0.4, -0.2) is 18.4 Å². The van der Waals surface area contributed by atoms with Crippen LogP contribution in [0.3, 0.4) is 0 Å². The smallest absolute Gasteiger partial charge is 0.336 e. The lowest BCUT2D eigenvalue weighted by atomic mass is 9.79. The molecule has 0 bridgehead atoms. The fraction of sp³-hybridized carbons (Fsp3) is 0.250. The number of rotatable bonds is 4. The largest absolute Gasteiger partial charge is 0.463 e. The van der Waals surface area contributed by atoms with E-state index in [1.165, 1.54) is 5.56 Å². The lowest BCUT2D eigenvalue weighted by Crippen LogP contribution is -2.29. The van der Waals surface area contributed by atoms with Gasteiger partial charge in [0.1, 0.15) is 0 Å². The molecule has 2 aromatic carbocycles. The second-order valence-corrected chi connectivity index (χ2v) is 7.08. The van der Waals surface area contributed by atoms with Crippen molar-refractivity contribution in [2.75, 3.05) is 6.61 Å². The van der Waals surface area contributed by atoms with E-state index in [0.717, 1.165) is 28.9 Å². The summed E-state index contributed by atoms with van der Waals surface area (Å²) in [6, 6.07) is 15.7. The molecule has 1 atom stereocenters. The third-order valence-electron chi connectivity index (χ3n) is 5.47. The third-order valence-corrected chi connectivity index (χ3v) is 5.47. The van der Waals surface area contributed by atoms with Crippen LogP contribution in [-0.2, 0) is 16.0 Å². The highest BCUT2D eigenvalue weighted by atomic mass is 16.5. The number of ether oxygens (including phenoxy) is 1. The molecule has 0 radical (unpaired) electrons. The maximum absolute atomic E-state index is 13.3. The van der Waals surface area contributed by atoms with E-state index in [-0.39, 0.29) is 18.4 Å². The van der Waals surface area contributed by atoms with E-state index in [4.69, 9.17) is 4.74 Å². The molecule has 1 unspecified atom stereocenters. The van der Waals surface area contributed by atoms with Crippen molar-refractivity contribution in [1.29, 1.82) is 0 Å². The third kappa shape index (κ3) is 2.76. The Labute approximate surface area is 164 Å². The van der Waals surface area contributed by atoms with Crippen LogP contribution in [0.25, 0.3) is 5.70 Å². The summed E-state index contributed by atoms with van der Waals surface area (Å²) in [6.45, 7) is 6.05. The zero-order valence-electron chi connectivity index (χ0n) is 16.3. The number of benzene rings is 2. The number of hydrogen-bond donors (Lipinski definition) is 1. The summed E-state index contributed by atoms with van der Waals surface area (Å²) in [4.78, 5) is 26.1. The van der Waals surface area contributed by atoms with E-state index in [2.05, 4.69) is 24.4 Å². The van der Waals surface area contributed by atoms with Gasteiger partial charge in [-0.1, -0.05) is 55.5 Å². The van der Waals surface area contributed by atoms with E-state index in [1.54, 1.807) is 6.92 Å². The molecule has 0 saturated carbocycles. The molecule has 28 heavy (non-hydrogen) atoms. The lowest BCUT2D eigenvalue weighted by Gasteiger charge is -2.29. The number of nitrogens with one attached hydrogen (secondary N) is 1. The summed E-state index contributed by atoms with van der Waals surface area (Å²) < 4.78 is 5.34. The maximum Gasteiger partial charge on any atom is 0.336 e. The van der Waals surface area contributed by atoms with Gasteiger partial charge in [0.05, 0.1) is 17.9 Å². The molecule has 2 aromatic rings. The molecule has 1 heterocycles. The zero-order chi connectivity index (χ0) is 19.8. The molecule has 4 nitrogen and oxygen atoms in total.